The number of aldehydes is 1. The van der Waals surface area contributed by atoms with Gasteiger partial charge in [0.25, 0.3) is 0 Å². The van der Waals surface area contributed by atoms with E-state index in [9.17, 15) is 9.59 Å². The SMILES string of the molecule is O=CC1NNC2C=CC(c3cncc(NC(=O)Cc4ccccc4)c3)=CC12. The third kappa shape index (κ3) is 3.86. The van der Waals surface area contributed by atoms with E-state index in [0.29, 0.717) is 12.1 Å². The Balaban J connectivity index is 1.48. The number of aromatic nitrogens is 1. The molecule has 1 aliphatic carbocycles. The molecule has 2 heterocycles. The molecule has 0 bridgehead atoms. The summed E-state index contributed by atoms with van der Waals surface area (Å²) in [5, 5.41) is 2.90. The minimum absolute atomic E-state index is 0.0545. The number of allylic oxidation sites excluding steroid dienone is 2. The number of amides is 1. The van der Waals surface area contributed by atoms with Crippen LogP contribution < -0.4 is 16.2 Å². The average Bonchev–Trinajstić information content (AvgIpc) is 3.11. The van der Waals surface area contributed by atoms with Gasteiger partial charge in [0.05, 0.1) is 24.3 Å². The number of hydrogen-bond acceptors (Lipinski definition) is 5. The molecule has 1 aromatic carbocycles. The van der Waals surface area contributed by atoms with Crippen molar-refractivity contribution < 1.29 is 9.59 Å². The first-order valence-electron chi connectivity index (χ1n) is 8.88. The smallest absolute Gasteiger partial charge is 0.228 e. The van der Waals surface area contributed by atoms with Crippen LogP contribution >= 0.6 is 0 Å². The number of carbonyl (C=O) groups excluding carboxylic acids is 2. The van der Waals surface area contributed by atoms with Crippen LogP contribution in [0, 0.1) is 5.92 Å². The summed E-state index contributed by atoms with van der Waals surface area (Å²) >= 11 is 0. The number of rotatable bonds is 5. The summed E-state index contributed by atoms with van der Waals surface area (Å²) < 4.78 is 0. The molecule has 6 heteroatoms. The number of nitrogens with one attached hydrogen (secondary N) is 3. The topological polar surface area (TPSA) is 83.1 Å². The second-order valence-electron chi connectivity index (χ2n) is 6.71. The molecular weight excluding hydrogens is 340 g/mol. The molecule has 2 aromatic rings. The third-order valence-electron chi connectivity index (χ3n) is 4.81. The first kappa shape index (κ1) is 17.3. The number of fused-ring (bicyclic) bond motifs is 1. The van der Waals surface area contributed by atoms with E-state index in [-0.39, 0.29) is 23.9 Å². The van der Waals surface area contributed by atoms with Gasteiger partial charge in [-0.15, -0.1) is 0 Å². The van der Waals surface area contributed by atoms with Gasteiger partial charge in [-0.05, 0) is 17.2 Å². The van der Waals surface area contributed by atoms with Crippen molar-refractivity contribution in [1.29, 1.82) is 0 Å². The second kappa shape index (κ2) is 7.65. The Morgan fingerprint density at radius 2 is 2.04 bits per heavy atom. The molecule has 1 amide bonds. The van der Waals surface area contributed by atoms with Crippen LogP contribution in [0.25, 0.3) is 5.57 Å². The van der Waals surface area contributed by atoms with Crippen LogP contribution in [0.3, 0.4) is 0 Å². The number of nitrogens with zero attached hydrogens (tertiary/aromatic N) is 1. The molecule has 2 aliphatic rings. The van der Waals surface area contributed by atoms with Crippen LogP contribution in [0.1, 0.15) is 11.1 Å². The Bertz CT molecular complexity index is 901. The Labute approximate surface area is 157 Å². The fraction of sp³-hybridized carbons (Fsp3) is 0.190. The average molecular weight is 360 g/mol. The van der Waals surface area contributed by atoms with Crippen molar-refractivity contribution in [3.8, 4) is 0 Å². The van der Waals surface area contributed by atoms with Gasteiger partial charge in [0.15, 0.2) is 0 Å². The van der Waals surface area contributed by atoms with Crippen LogP contribution in [-0.4, -0.2) is 29.3 Å². The van der Waals surface area contributed by atoms with E-state index in [2.05, 4.69) is 27.2 Å². The van der Waals surface area contributed by atoms with Crippen molar-refractivity contribution in [3.63, 3.8) is 0 Å². The van der Waals surface area contributed by atoms with Gasteiger partial charge in [0, 0.05) is 23.7 Å². The van der Waals surface area contributed by atoms with Crippen molar-refractivity contribution in [2.24, 2.45) is 5.92 Å². The number of benzene rings is 1. The van der Waals surface area contributed by atoms with Crippen molar-refractivity contribution in [3.05, 3.63) is 78.1 Å². The molecule has 4 rings (SSSR count). The quantitative estimate of drug-likeness (QED) is 0.709. The van der Waals surface area contributed by atoms with E-state index in [1.165, 1.54) is 0 Å². The Morgan fingerprint density at radius 1 is 1.19 bits per heavy atom. The van der Waals surface area contributed by atoms with Gasteiger partial charge >= 0.3 is 0 Å². The van der Waals surface area contributed by atoms with Crippen molar-refractivity contribution >= 4 is 23.5 Å². The first-order chi connectivity index (χ1) is 13.2. The molecule has 0 saturated carbocycles. The van der Waals surface area contributed by atoms with E-state index in [1.54, 1.807) is 12.4 Å². The van der Waals surface area contributed by atoms with Crippen molar-refractivity contribution in [1.82, 2.24) is 15.8 Å². The highest BCUT2D eigenvalue weighted by Crippen LogP contribution is 2.29. The zero-order valence-corrected chi connectivity index (χ0v) is 14.6. The predicted octanol–water partition coefficient (Wildman–Crippen LogP) is 1.88. The lowest BCUT2D eigenvalue weighted by Crippen LogP contribution is -2.33. The highest BCUT2D eigenvalue weighted by molar-refractivity contribution is 5.92. The number of carbonyl (C=O) groups is 2. The summed E-state index contributed by atoms with van der Waals surface area (Å²) in [4.78, 5) is 27.7. The van der Waals surface area contributed by atoms with E-state index < -0.39 is 0 Å². The lowest BCUT2D eigenvalue weighted by atomic mass is 9.86. The molecule has 3 atom stereocenters. The van der Waals surface area contributed by atoms with Crippen LogP contribution in [-0.2, 0) is 16.0 Å². The van der Waals surface area contributed by atoms with Gasteiger partial charge in [0.1, 0.15) is 6.29 Å². The van der Waals surface area contributed by atoms with Crippen molar-refractivity contribution in [2.45, 2.75) is 18.5 Å². The maximum atomic E-state index is 12.3. The zero-order valence-electron chi connectivity index (χ0n) is 14.6. The molecule has 1 aromatic heterocycles. The minimum Gasteiger partial charge on any atom is -0.324 e. The molecule has 136 valence electrons. The summed E-state index contributed by atoms with van der Waals surface area (Å²) in [5.41, 5.74) is 9.60. The number of hydrogen-bond donors (Lipinski definition) is 3. The van der Waals surface area contributed by atoms with Gasteiger partial charge in [-0.25, -0.2) is 10.9 Å². The molecule has 1 saturated heterocycles. The van der Waals surface area contributed by atoms with Crippen LogP contribution in [0.5, 0.6) is 0 Å². The maximum absolute atomic E-state index is 12.3. The highest BCUT2D eigenvalue weighted by Gasteiger charge is 2.34. The highest BCUT2D eigenvalue weighted by atomic mass is 16.1. The molecule has 1 aliphatic heterocycles. The maximum Gasteiger partial charge on any atom is 0.228 e. The summed E-state index contributed by atoms with van der Waals surface area (Å²) in [6.07, 6.45) is 10.7. The zero-order chi connectivity index (χ0) is 18.6. The van der Waals surface area contributed by atoms with E-state index in [4.69, 9.17) is 0 Å². The lowest BCUT2D eigenvalue weighted by Gasteiger charge is -2.20. The Morgan fingerprint density at radius 3 is 2.85 bits per heavy atom. The minimum atomic E-state index is -0.253. The van der Waals surface area contributed by atoms with E-state index in [1.807, 2.05) is 48.6 Å². The monoisotopic (exact) mass is 360 g/mol. The van der Waals surface area contributed by atoms with E-state index in [0.717, 1.165) is 23.0 Å². The summed E-state index contributed by atoms with van der Waals surface area (Å²) in [6.45, 7) is 0. The number of pyridine rings is 1. The molecule has 1 fully saturated rings. The normalized spacial score (nSPS) is 23.4. The molecule has 0 spiro atoms. The third-order valence-corrected chi connectivity index (χ3v) is 4.81. The lowest BCUT2D eigenvalue weighted by molar-refractivity contribution is -0.115. The standard InChI is InChI=1S/C21H20N4O2/c26-13-20-18-10-15(6-7-19(18)24-25-20)16-9-17(12-22-11-16)23-21(27)8-14-4-2-1-3-5-14/h1-7,9-13,18-20,24-25H,8H2,(H,23,27). The summed E-state index contributed by atoms with van der Waals surface area (Å²) in [7, 11) is 0. The van der Waals surface area contributed by atoms with E-state index >= 15 is 0 Å². The summed E-state index contributed by atoms with van der Waals surface area (Å²) in [5.74, 6) is -0.0302. The van der Waals surface area contributed by atoms with Gasteiger partial charge in [-0.2, -0.15) is 0 Å². The Kier molecular flexibility index (Phi) is 4.91. The first-order valence-corrected chi connectivity index (χ1v) is 8.88. The Hall–Kier alpha value is -3.09. The van der Waals surface area contributed by atoms with Crippen LogP contribution in [0.15, 0.2) is 67.0 Å². The fourth-order valence-corrected chi connectivity index (χ4v) is 3.43. The fourth-order valence-electron chi connectivity index (χ4n) is 3.43. The number of anilines is 1. The van der Waals surface area contributed by atoms with Gasteiger partial charge in [-0.3, -0.25) is 9.78 Å². The largest absolute Gasteiger partial charge is 0.324 e. The summed E-state index contributed by atoms with van der Waals surface area (Å²) in [6, 6.07) is 11.4. The molecular formula is C21H20N4O2. The molecule has 3 unspecified atom stereocenters. The van der Waals surface area contributed by atoms with Gasteiger partial charge in [0.2, 0.25) is 5.91 Å². The van der Waals surface area contributed by atoms with Gasteiger partial charge < -0.3 is 10.1 Å². The van der Waals surface area contributed by atoms with Gasteiger partial charge in [-0.1, -0.05) is 48.6 Å². The molecule has 6 nitrogen and oxygen atoms in total. The molecule has 0 radical (unpaired) electrons. The second-order valence-corrected chi connectivity index (χ2v) is 6.71. The van der Waals surface area contributed by atoms with Crippen LogP contribution in [0.2, 0.25) is 0 Å². The van der Waals surface area contributed by atoms with Crippen LogP contribution in [0.4, 0.5) is 5.69 Å². The van der Waals surface area contributed by atoms with Crippen molar-refractivity contribution in [2.75, 3.05) is 5.32 Å². The molecule has 27 heavy (non-hydrogen) atoms. The predicted molar refractivity (Wildman–Crippen MR) is 104 cm³/mol. The molecule has 3 N–H and O–H groups in total. The number of hydrazine groups is 1.